The van der Waals surface area contributed by atoms with Crippen molar-refractivity contribution in [1.82, 2.24) is 10.3 Å². The molecule has 0 fully saturated rings. The third-order valence-electron chi connectivity index (χ3n) is 4.00. The van der Waals surface area contributed by atoms with Gasteiger partial charge in [-0.2, -0.15) is 13.2 Å². The summed E-state index contributed by atoms with van der Waals surface area (Å²) >= 11 is 1.35. The van der Waals surface area contributed by atoms with E-state index in [9.17, 15) is 27.2 Å². The lowest BCUT2D eigenvalue weighted by Crippen LogP contribution is -2.22. The number of amides is 3. The summed E-state index contributed by atoms with van der Waals surface area (Å²) in [5, 5.41) is 6.95. The van der Waals surface area contributed by atoms with E-state index >= 15 is 0 Å². The summed E-state index contributed by atoms with van der Waals surface area (Å²) in [6.07, 6.45) is -3.84. The number of ether oxygens (including phenoxy) is 1. The third kappa shape index (κ3) is 6.84. The zero-order valence-corrected chi connectivity index (χ0v) is 17.7. The molecular weight excluding hydrogens is 464 g/mol. The Morgan fingerprint density at radius 3 is 2.33 bits per heavy atom. The van der Waals surface area contributed by atoms with Gasteiger partial charge in [0.1, 0.15) is 5.82 Å². The van der Waals surface area contributed by atoms with E-state index in [0.717, 1.165) is 15.9 Å². The first kappa shape index (κ1) is 23.9. The predicted octanol–water partition coefficient (Wildman–Crippen LogP) is 5.75. The van der Waals surface area contributed by atoms with E-state index in [4.69, 9.17) is 4.74 Å². The number of carbonyl (C=O) groups excluding carboxylic acids is 2. The van der Waals surface area contributed by atoms with E-state index in [1.54, 1.807) is 36.4 Å². The number of aromatic nitrogens is 1. The molecular formula is C21H16F4N4O3S. The highest BCUT2D eigenvalue weighted by molar-refractivity contribution is 7.99. The number of halogens is 4. The van der Waals surface area contributed by atoms with Crippen LogP contribution in [-0.2, 0) is 6.18 Å². The van der Waals surface area contributed by atoms with Crippen LogP contribution in [0.1, 0.15) is 5.56 Å². The fourth-order valence-corrected chi connectivity index (χ4v) is 3.31. The van der Waals surface area contributed by atoms with Gasteiger partial charge in [-0.25, -0.2) is 19.0 Å². The molecule has 2 aromatic carbocycles. The van der Waals surface area contributed by atoms with Crippen LogP contribution in [0.2, 0.25) is 0 Å². The molecule has 0 radical (unpaired) electrons. The van der Waals surface area contributed by atoms with Gasteiger partial charge in [-0.15, -0.1) is 0 Å². The lowest BCUT2D eigenvalue weighted by Gasteiger charge is -2.11. The molecule has 0 aliphatic carbocycles. The summed E-state index contributed by atoms with van der Waals surface area (Å²) < 4.78 is 56.7. The maximum atomic E-state index is 13.9. The normalized spacial score (nSPS) is 10.9. The number of rotatable bonds is 5. The molecule has 0 saturated carbocycles. The van der Waals surface area contributed by atoms with Gasteiger partial charge in [-0.3, -0.25) is 0 Å². The highest BCUT2D eigenvalue weighted by Gasteiger charge is 2.31. The van der Waals surface area contributed by atoms with Crippen LogP contribution in [-0.4, -0.2) is 24.2 Å². The lowest BCUT2D eigenvalue weighted by atomic mass is 10.2. The minimum Gasteiger partial charge on any atom is -0.391 e. The Morgan fingerprint density at radius 2 is 1.70 bits per heavy atom. The number of carbonyl (C=O) groups is 2. The Balaban J connectivity index is 1.59. The van der Waals surface area contributed by atoms with Crippen molar-refractivity contribution in [3.8, 4) is 5.88 Å². The van der Waals surface area contributed by atoms with E-state index < -0.39 is 29.7 Å². The molecule has 0 atom stereocenters. The zero-order valence-electron chi connectivity index (χ0n) is 16.9. The standard InChI is InChI=1S/C21H16F4N4O3S/c1-26-20(31)32-18-11-15(8-9-27-18)33-14-5-3-13(4-6-14)28-19(30)29-17-7-2-12(10-16(17)22)21(23,24)25/h2-11H,1H3,(H,26,31)(H2,28,29,30). The third-order valence-corrected chi connectivity index (χ3v) is 5.00. The molecule has 0 aliphatic heterocycles. The second-order valence-corrected chi connectivity index (χ2v) is 7.51. The summed E-state index contributed by atoms with van der Waals surface area (Å²) in [6.45, 7) is 0. The molecule has 0 spiro atoms. The number of urea groups is 1. The largest absolute Gasteiger partial charge is 0.416 e. The highest BCUT2D eigenvalue weighted by Crippen LogP contribution is 2.32. The van der Waals surface area contributed by atoms with E-state index in [-0.39, 0.29) is 11.6 Å². The van der Waals surface area contributed by atoms with E-state index in [1.165, 1.54) is 25.0 Å². The van der Waals surface area contributed by atoms with Gasteiger partial charge in [0.05, 0.1) is 11.3 Å². The Labute approximate surface area is 189 Å². The summed E-state index contributed by atoms with van der Waals surface area (Å²) in [6, 6.07) is 10.9. The molecule has 33 heavy (non-hydrogen) atoms. The van der Waals surface area contributed by atoms with Crippen LogP contribution in [0.15, 0.2) is 70.6 Å². The van der Waals surface area contributed by atoms with Crippen molar-refractivity contribution in [2.45, 2.75) is 16.0 Å². The number of hydrogen-bond donors (Lipinski definition) is 3. The van der Waals surface area contributed by atoms with Crippen LogP contribution in [0.3, 0.4) is 0 Å². The summed E-state index contributed by atoms with van der Waals surface area (Å²) in [4.78, 5) is 28.8. The molecule has 0 unspecified atom stereocenters. The molecule has 0 saturated heterocycles. The molecule has 172 valence electrons. The van der Waals surface area contributed by atoms with Crippen LogP contribution in [0, 0.1) is 5.82 Å². The highest BCUT2D eigenvalue weighted by atomic mass is 32.2. The minimum absolute atomic E-state index is 0.129. The number of nitrogens with one attached hydrogen (secondary N) is 3. The summed E-state index contributed by atoms with van der Waals surface area (Å²) in [5.74, 6) is -1.08. The molecule has 7 nitrogen and oxygen atoms in total. The first-order valence-electron chi connectivity index (χ1n) is 9.22. The van der Waals surface area contributed by atoms with Crippen molar-refractivity contribution >= 4 is 35.3 Å². The first-order chi connectivity index (χ1) is 15.6. The van der Waals surface area contributed by atoms with Crippen LogP contribution in [0.25, 0.3) is 0 Å². The number of alkyl halides is 3. The summed E-state index contributed by atoms with van der Waals surface area (Å²) in [5.41, 5.74) is -1.16. The van der Waals surface area contributed by atoms with Crippen LogP contribution < -0.4 is 20.7 Å². The molecule has 3 aromatic rings. The molecule has 0 bridgehead atoms. The topological polar surface area (TPSA) is 92.4 Å². The maximum Gasteiger partial charge on any atom is 0.416 e. The maximum absolute atomic E-state index is 13.9. The van der Waals surface area contributed by atoms with Crippen LogP contribution in [0.4, 0.5) is 38.5 Å². The van der Waals surface area contributed by atoms with Gasteiger partial charge in [0.25, 0.3) is 0 Å². The monoisotopic (exact) mass is 480 g/mol. The molecule has 3 rings (SSSR count). The predicted molar refractivity (Wildman–Crippen MR) is 114 cm³/mol. The van der Waals surface area contributed by atoms with Gasteiger partial charge in [-0.1, -0.05) is 11.8 Å². The van der Waals surface area contributed by atoms with Crippen molar-refractivity contribution in [2.75, 3.05) is 17.7 Å². The lowest BCUT2D eigenvalue weighted by molar-refractivity contribution is -0.137. The van der Waals surface area contributed by atoms with Gasteiger partial charge >= 0.3 is 18.3 Å². The average molecular weight is 480 g/mol. The number of nitrogens with zero attached hydrogens (tertiary/aromatic N) is 1. The molecule has 0 aliphatic rings. The zero-order chi connectivity index (χ0) is 24.0. The number of benzene rings is 2. The fourth-order valence-electron chi connectivity index (χ4n) is 2.48. The van der Waals surface area contributed by atoms with Gasteiger partial charge in [-0.05, 0) is 48.5 Å². The number of anilines is 2. The fraction of sp³-hybridized carbons (Fsp3) is 0.0952. The Hall–Kier alpha value is -3.80. The average Bonchev–Trinajstić information content (AvgIpc) is 2.76. The summed E-state index contributed by atoms with van der Waals surface area (Å²) in [7, 11) is 1.43. The Kier molecular flexibility index (Phi) is 7.38. The smallest absolute Gasteiger partial charge is 0.391 e. The van der Waals surface area contributed by atoms with Gasteiger partial charge in [0.15, 0.2) is 0 Å². The van der Waals surface area contributed by atoms with Gasteiger partial charge in [0.2, 0.25) is 5.88 Å². The minimum atomic E-state index is -4.68. The van der Waals surface area contributed by atoms with Crippen LogP contribution >= 0.6 is 11.8 Å². The van der Waals surface area contributed by atoms with Crippen LogP contribution in [0.5, 0.6) is 5.88 Å². The number of hydrogen-bond acceptors (Lipinski definition) is 5. The molecule has 3 N–H and O–H groups in total. The van der Waals surface area contributed by atoms with E-state index in [2.05, 4.69) is 20.9 Å². The molecule has 3 amide bonds. The van der Waals surface area contributed by atoms with E-state index in [0.29, 0.717) is 17.8 Å². The second-order valence-electron chi connectivity index (χ2n) is 6.37. The van der Waals surface area contributed by atoms with Crippen molar-refractivity contribution < 1.29 is 31.9 Å². The van der Waals surface area contributed by atoms with E-state index in [1.807, 2.05) is 0 Å². The first-order valence-corrected chi connectivity index (χ1v) is 10.0. The van der Waals surface area contributed by atoms with Crippen molar-refractivity contribution in [3.05, 3.63) is 72.2 Å². The molecule has 1 heterocycles. The SMILES string of the molecule is CNC(=O)Oc1cc(Sc2ccc(NC(=O)Nc3ccc(C(F)(F)F)cc3F)cc2)ccn1. The number of pyridine rings is 1. The van der Waals surface area contributed by atoms with Crippen molar-refractivity contribution in [1.29, 1.82) is 0 Å². The van der Waals surface area contributed by atoms with Crippen molar-refractivity contribution in [3.63, 3.8) is 0 Å². The second kappa shape index (κ2) is 10.2. The van der Waals surface area contributed by atoms with Gasteiger partial charge in [0, 0.05) is 34.8 Å². The quantitative estimate of drug-likeness (QED) is 0.404. The Morgan fingerprint density at radius 1 is 0.970 bits per heavy atom. The van der Waals surface area contributed by atoms with Gasteiger partial charge < -0.3 is 20.7 Å². The molecule has 12 heteroatoms. The Bertz CT molecular complexity index is 1160. The molecule has 1 aromatic heterocycles. The van der Waals surface area contributed by atoms with Crippen molar-refractivity contribution in [2.24, 2.45) is 0 Å².